The summed E-state index contributed by atoms with van der Waals surface area (Å²) in [5, 5.41) is 50.9. The number of hydrogen-bond acceptors (Lipinski definition) is 11. The number of unbranched alkanes of at least 4 members (excludes halogenated alkanes) is 12. The highest BCUT2D eigenvalue weighted by Crippen LogP contribution is 2.41. The zero-order valence-corrected chi connectivity index (χ0v) is 38.2. The molecule has 10 N–H and O–H groups in total. The minimum absolute atomic E-state index is 0.00247. The molecule has 0 spiro atoms. The molecular formula is C46H71N7O11. The van der Waals surface area contributed by atoms with Crippen LogP contribution in [0.25, 0.3) is 11.1 Å². The van der Waals surface area contributed by atoms with Crippen molar-refractivity contribution in [2.24, 2.45) is 0 Å². The first-order chi connectivity index (χ1) is 30.6. The molecule has 0 saturated heterocycles. The van der Waals surface area contributed by atoms with Crippen LogP contribution in [0, 0.1) is 0 Å². The van der Waals surface area contributed by atoms with E-state index in [2.05, 4.69) is 28.2 Å². The third kappa shape index (κ3) is 17.3. The molecule has 1 aliphatic heterocycles. The van der Waals surface area contributed by atoms with Gasteiger partial charge in [-0.05, 0) is 41.8 Å². The molecule has 18 nitrogen and oxygen atoms in total. The summed E-state index contributed by atoms with van der Waals surface area (Å²) in [5.74, 6) is -6.58. The summed E-state index contributed by atoms with van der Waals surface area (Å²) < 4.78 is 0. The maximum absolute atomic E-state index is 13.6. The average Bonchev–Trinajstić information content (AvgIpc) is 3.27. The Morgan fingerprint density at radius 2 is 1.41 bits per heavy atom. The number of carboxylic acid groups (broad SMARTS) is 1. The number of nitrogens with one attached hydrogen (secondary N) is 4. The van der Waals surface area contributed by atoms with Gasteiger partial charge >= 0.3 is 5.97 Å². The Kier molecular flexibility index (Phi) is 24.3. The maximum atomic E-state index is 13.6. The highest BCUT2D eigenvalue weighted by atomic mass is 16.4. The molecule has 3 rings (SSSR count). The van der Waals surface area contributed by atoms with Crippen molar-refractivity contribution in [3.05, 3.63) is 41.5 Å². The average molecular weight is 898 g/mol. The Morgan fingerprint density at radius 1 is 0.812 bits per heavy atom. The highest BCUT2D eigenvalue weighted by molar-refractivity contribution is 5.95. The number of aliphatic carboxylic acids is 1. The van der Waals surface area contributed by atoms with Crippen molar-refractivity contribution in [1.82, 2.24) is 31.1 Å². The van der Waals surface area contributed by atoms with Crippen molar-refractivity contribution in [3.8, 4) is 22.6 Å². The summed E-state index contributed by atoms with van der Waals surface area (Å²) in [5.41, 5.74) is 6.30. The van der Waals surface area contributed by atoms with Crippen LogP contribution in [0.15, 0.2) is 30.3 Å². The van der Waals surface area contributed by atoms with Gasteiger partial charge in [0.15, 0.2) is 0 Å². The van der Waals surface area contributed by atoms with Crippen LogP contribution < -0.4 is 27.0 Å². The second-order valence-corrected chi connectivity index (χ2v) is 15.8. The number of rotatable bonds is 23. The van der Waals surface area contributed by atoms with Gasteiger partial charge in [0.2, 0.25) is 35.4 Å². The van der Waals surface area contributed by atoms with Crippen LogP contribution in [0.5, 0.6) is 11.5 Å². The number of aliphatic hydroxyl groups is 1. The van der Waals surface area contributed by atoms with E-state index < -0.39 is 85.6 Å². The summed E-state index contributed by atoms with van der Waals surface area (Å²) in [6, 6.07) is 2.43. The van der Waals surface area contributed by atoms with Crippen LogP contribution in [-0.2, 0) is 40.0 Å². The predicted molar refractivity (Wildman–Crippen MR) is 243 cm³/mol. The summed E-state index contributed by atoms with van der Waals surface area (Å²) >= 11 is 0. The van der Waals surface area contributed by atoms with Crippen LogP contribution >= 0.6 is 0 Å². The van der Waals surface area contributed by atoms with E-state index in [1.54, 1.807) is 0 Å². The number of hydrogen-bond donors (Lipinski definition) is 9. The Bertz CT molecular complexity index is 1870. The number of carbonyl (C=O) groups excluding carboxylic acids is 6. The number of nitrogens with zero attached hydrogens (tertiary/aromatic N) is 2. The molecule has 0 aromatic heterocycles. The highest BCUT2D eigenvalue weighted by Gasteiger charge is 2.32. The van der Waals surface area contributed by atoms with Crippen LogP contribution in [0.3, 0.4) is 0 Å². The van der Waals surface area contributed by atoms with Crippen LogP contribution in [0.4, 0.5) is 5.69 Å². The van der Waals surface area contributed by atoms with Gasteiger partial charge in [-0.25, -0.2) is 4.79 Å². The van der Waals surface area contributed by atoms with Crippen molar-refractivity contribution in [2.75, 3.05) is 46.1 Å². The lowest BCUT2D eigenvalue weighted by molar-refractivity contribution is -0.142. The molecule has 4 bridgehead atoms. The van der Waals surface area contributed by atoms with Gasteiger partial charge in [0.25, 0.3) is 0 Å². The number of nitrogens with two attached hydrogens (primary N) is 1. The van der Waals surface area contributed by atoms with E-state index in [1.165, 1.54) is 102 Å². The number of aromatic hydroxyl groups is 2. The number of likely N-dealkylation sites (N-methyl/N-ethyl adjacent to an activating group) is 2. The number of carboxylic acids is 1. The van der Waals surface area contributed by atoms with E-state index in [0.29, 0.717) is 12.0 Å². The Balaban J connectivity index is 0.00000694. The third-order valence-electron chi connectivity index (χ3n) is 11.0. The molecule has 0 aliphatic carbocycles. The molecule has 2 aromatic carbocycles. The van der Waals surface area contributed by atoms with Crippen molar-refractivity contribution < 1.29 is 54.0 Å². The van der Waals surface area contributed by atoms with Gasteiger partial charge in [0.1, 0.15) is 29.6 Å². The van der Waals surface area contributed by atoms with Gasteiger partial charge in [-0.3, -0.25) is 28.8 Å². The number of amides is 6. The Hall–Kier alpha value is -5.91. The smallest absolute Gasteiger partial charge is 0.326 e. The summed E-state index contributed by atoms with van der Waals surface area (Å²) in [7, 11) is 2.66. The molecule has 2 aromatic rings. The Labute approximate surface area is 376 Å². The summed E-state index contributed by atoms with van der Waals surface area (Å²) in [4.78, 5) is 92.5. The SMILES string of the molecule is CC.CCCCCCCCCCCCCCCC(=O)N(C)C(CO)C(=O)NCC(=O)NCC(=O)N(C)C1C(=O)NCC(=O)NC(C(=O)O)Cc2cc(N)c(O)c(c2)-c2cc1ccc2O. The fourth-order valence-electron chi connectivity index (χ4n) is 7.29. The van der Waals surface area contributed by atoms with E-state index in [-0.39, 0.29) is 46.9 Å². The van der Waals surface area contributed by atoms with Crippen LogP contribution in [0.2, 0.25) is 0 Å². The fourth-order valence-corrected chi connectivity index (χ4v) is 7.29. The molecule has 1 aliphatic rings. The number of phenolic OH excluding ortho intramolecular Hbond substituents is 2. The first-order valence-corrected chi connectivity index (χ1v) is 22.5. The summed E-state index contributed by atoms with van der Waals surface area (Å²) in [6.45, 7) is 3.62. The molecule has 1 heterocycles. The molecule has 0 radical (unpaired) electrons. The van der Waals surface area contributed by atoms with Crippen LogP contribution in [-0.4, -0.2) is 124 Å². The quantitative estimate of drug-likeness (QED) is 0.0439. The van der Waals surface area contributed by atoms with Crippen molar-refractivity contribution >= 4 is 47.1 Å². The van der Waals surface area contributed by atoms with Gasteiger partial charge in [-0.2, -0.15) is 0 Å². The van der Waals surface area contributed by atoms with Gasteiger partial charge in [0.05, 0.1) is 31.9 Å². The van der Waals surface area contributed by atoms with E-state index in [0.717, 1.165) is 29.1 Å². The topological polar surface area (TPSA) is 281 Å². The third-order valence-corrected chi connectivity index (χ3v) is 11.0. The van der Waals surface area contributed by atoms with Crippen molar-refractivity contribution in [3.63, 3.8) is 0 Å². The molecule has 18 heteroatoms. The molecular weight excluding hydrogens is 827 g/mol. The largest absolute Gasteiger partial charge is 0.507 e. The molecule has 3 unspecified atom stereocenters. The van der Waals surface area contributed by atoms with E-state index in [4.69, 9.17) is 5.73 Å². The molecule has 0 fully saturated rings. The normalized spacial score (nSPS) is 15.2. The standard InChI is InChI=1S/C44H65N7O11.C2H6/c1-4-5-6-7-8-9-10-11-12-13-14-15-16-17-38(56)50(2)34(27-52)42(59)47-24-36(54)46-26-39(57)51(3)40-29-18-19-35(53)30(23-29)31-20-28(21-32(45)41(31)58)22-33(44(61)62)49-37(55)25-48-43(40)60;1-2/h18-21,23,33-34,40,52-53,58H,4-17,22,24-27,45H2,1-3H3,(H,46,54)(H,47,59)(H,48,60)(H,49,55)(H,61,62);1-2H3. The molecule has 3 atom stereocenters. The lowest BCUT2D eigenvalue weighted by Crippen LogP contribution is -2.52. The monoisotopic (exact) mass is 898 g/mol. The first kappa shape index (κ1) is 54.2. The number of anilines is 1. The lowest BCUT2D eigenvalue weighted by atomic mass is 9.93. The molecule has 64 heavy (non-hydrogen) atoms. The lowest BCUT2D eigenvalue weighted by Gasteiger charge is -2.29. The zero-order chi connectivity index (χ0) is 47.8. The fraction of sp³-hybridized carbons (Fsp3) is 0.587. The molecule has 0 saturated carbocycles. The predicted octanol–water partition coefficient (Wildman–Crippen LogP) is 3.65. The van der Waals surface area contributed by atoms with E-state index in [1.807, 2.05) is 13.8 Å². The van der Waals surface area contributed by atoms with Crippen molar-refractivity contribution in [2.45, 2.75) is 135 Å². The first-order valence-electron chi connectivity index (χ1n) is 22.5. The number of fused-ring (bicyclic) bond motifs is 5. The summed E-state index contributed by atoms with van der Waals surface area (Å²) in [6.07, 6.45) is 15.1. The minimum Gasteiger partial charge on any atom is -0.507 e. The van der Waals surface area contributed by atoms with Gasteiger partial charge < -0.3 is 57.2 Å². The number of nitrogen functional groups attached to an aromatic ring is 1. The van der Waals surface area contributed by atoms with Gasteiger partial charge in [-0.1, -0.05) is 104 Å². The van der Waals surface area contributed by atoms with Crippen molar-refractivity contribution in [1.29, 1.82) is 0 Å². The van der Waals surface area contributed by atoms with Crippen LogP contribution in [0.1, 0.15) is 128 Å². The number of benzene rings is 2. The molecule has 6 amide bonds. The Morgan fingerprint density at radius 3 is 1.98 bits per heavy atom. The number of carbonyl (C=O) groups is 7. The van der Waals surface area contributed by atoms with Gasteiger partial charge in [0, 0.05) is 38.1 Å². The second-order valence-electron chi connectivity index (χ2n) is 15.8. The second kappa shape index (κ2) is 28.7. The number of aliphatic hydroxyl groups excluding tert-OH is 1. The number of phenols is 2. The minimum atomic E-state index is -1.48. The maximum Gasteiger partial charge on any atom is 0.326 e. The zero-order valence-electron chi connectivity index (χ0n) is 38.2. The van der Waals surface area contributed by atoms with Gasteiger partial charge in [-0.15, -0.1) is 0 Å². The molecule has 356 valence electrons. The van der Waals surface area contributed by atoms with E-state index >= 15 is 0 Å². The van der Waals surface area contributed by atoms with E-state index in [9.17, 15) is 54.0 Å².